The van der Waals surface area contributed by atoms with Gasteiger partial charge in [-0.15, -0.1) is 5.10 Å². The number of amides is 2. The van der Waals surface area contributed by atoms with E-state index in [-0.39, 0.29) is 25.0 Å². The number of fused-ring (bicyclic) bond motifs is 1. The first-order valence-electron chi connectivity index (χ1n) is 8.23. The molecule has 2 amide bonds. The highest BCUT2D eigenvalue weighted by molar-refractivity contribution is 8.15. The Bertz CT molecular complexity index is 778. The summed E-state index contributed by atoms with van der Waals surface area (Å²) in [4.78, 5) is 23.4. The average molecular weight is 376 g/mol. The van der Waals surface area contributed by atoms with Crippen LogP contribution in [0.5, 0.6) is 11.5 Å². The Labute approximate surface area is 155 Å². The number of aryl methyl sites for hydroxylation is 1. The molecule has 1 aromatic carbocycles. The molecule has 0 radical (unpaired) electrons. The topological polar surface area (TPSA) is 101 Å². The third kappa shape index (κ3) is 4.54. The Kier molecular flexibility index (Phi) is 5.77. The van der Waals surface area contributed by atoms with E-state index >= 15 is 0 Å². The molecule has 0 bridgehead atoms. The van der Waals surface area contributed by atoms with Gasteiger partial charge in [0.2, 0.25) is 18.6 Å². The molecule has 0 spiro atoms. The van der Waals surface area contributed by atoms with E-state index in [1.807, 2.05) is 25.1 Å². The number of nitrogens with zero attached hydrogens (tertiary/aromatic N) is 2. The molecule has 0 saturated carbocycles. The first kappa shape index (κ1) is 18.2. The number of benzene rings is 1. The van der Waals surface area contributed by atoms with Gasteiger partial charge in [-0.3, -0.25) is 9.59 Å². The minimum atomic E-state index is -0.475. The van der Waals surface area contributed by atoms with Crippen molar-refractivity contribution in [2.24, 2.45) is 10.2 Å². The summed E-state index contributed by atoms with van der Waals surface area (Å²) < 4.78 is 10.7. The number of hydrogen-bond donors (Lipinski definition) is 2. The van der Waals surface area contributed by atoms with Crippen LogP contribution < -0.4 is 20.1 Å². The maximum absolute atomic E-state index is 11.7. The lowest BCUT2D eigenvalue weighted by atomic mass is 10.1. The summed E-state index contributed by atoms with van der Waals surface area (Å²) in [7, 11) is 1.55. The van der Waals surface area contributed by atoms with Gasteiger partial charge >= 0.3 is 0 Å². The average Bonchev–Trinajstić information content (AvgIpc) is 3.11. The number of carbonyl (C=O) groups is 2. The predicted molar refractivity (Wildman–Crippen MR) is 99.6 cm³/mol. The minimum Gasteiger partial charge on any atom is -0.454 e. The molecule has 0 unspecified atom stereocenters. The SMILES string of the molecule is CNC(=O)[C@H]1CC(=O)N/C(=N\N=C(\C)CCc2ccc3c(c2)OCO3)S1. The highest BCUT2D eigenvalue weighted by Crippen LogP contribution is 2.32. The van der Waals surface area contributed by atoms with Crippen LogP contribution in [0.1, 0.15) is 25.3 Å². The second-order valence-corrected chi connectivity index (χ2v) is 7.09. The molecule has 1 aromatic rings. The normalized spacial score (nSPS) is 20.8. The number of hydrogen-bond acceptors (Lipinski definition) is 7. The van der Waals surface area contributed by atoms with Crippen molar-refractivity contribution >= 4 is 34.5 Å². The number of thioether (sulfide) groups is 1. The van der Waals surface area contributed by atoms with Gasteiger partial charge in [-0.05, 0) is 37.5 Å². The summed E-state index contributed by atoms with van der Waals surface area (Å²) in [5.74, 6) is 1.10. The smallest absolute Gasteiger partial charge is 0.233 e. The van der Waals surface area contributed by atoms with Crippen LogP contribution in [0.2, 0.25) is 0 Å². The van der Waals surface area contributed by atoms with Crippen LogP contribution in [0, 0.1) is 0 Å². The van der Waals surface area contributed by atoms with E-state index in [0.29, 0.717) is 11.6 Å². The number of rotatable bonds is 5. The van der Waals surface area contributed by atoms with Gasteiger partial charge in [0.05, 0.1) is 5.25 Å². The zero-order valence-electron chi connectivity index (χ0n) is 14.6. The molecule has 1 saturated heterocycles. The third-order valence-corrected chi connectivity index (χ3v) is 5.01. The van der Waals surface area contributed by atoms with Crippen LogP contribution in [-0.4, -0.2) is 41.8 Å². The van der Waals surface area contributed by atoms with Gasteiger partial charge in [-0.2, -0.15) is 5.10 Å². The summed E-state index contributed by atoms with van der Waals surface area (Å²) in [5.41, 5.74) is 1.95. The lowest BCUT2D eigenvalue weighted by Gasteiger charge is -2.20. The van der Waals surface area contributed by atoms with Crippen LogP contribution in [0.15, 0.2) is 28.4 Å². The van der Waals surface area contributed by atoms with Crippen molar-refractivity contribution in [1.29, 1.82) is 0 Å². The maximum Gasteiger partial charge on any atom is 0.233 e. The van der Waals surface area contributed by atoms with Crippen LogP contribution >= 0.6 is 11.8 Å². The van der Waals surface area contributed by atoms with Crippen LogP contribution in [-0.2, 0) is 16.0 Å². The fraction of sp³-hybridized carbons (Fsp3) is 0.412. The zero-order chi connectivity index (χ0) is 18.5. The molecule has 8 nitrogen and oxygen atoms in total. The van der Waals surface area contributed by atoms with Gasteiger partial charge in [-0.1, -0.05) is 17.8 Å². The van der Waals surface area contributed by atoms with Crippen molar-refractivity contribution in [3.8, 4) is 11.5 Å². The molecule has 2 heterocycles. The van der Waals surface area contributed by atoms with Crippen molar-refractivity contribution in [1.82, 2.24) is 10.6 Å². The number of amidine groups is 1. The van der Waals surface area contributed by atoms with E-state index in [2.05, 4.69) is 20.8 Å². The molecule has 3 rings (SSSR count). The quantitative estimate of drug-likeness (QED) is 0.598. The Hall–Kier alpha value is -2.55. The lowest BCUT2D eigenvalue weighted by molar-refractivity contribution is -0.125. The van der Waals surface area contributed by atoms with Crippen molar-refractivity contribution in [2.75, 3.05) is 13.8 Å². The zero-order valence-corrected chi connectivity index (χ0v) is 15.4. The third-order valence-electron chi connectivity index (χ3n) is 3.93. The molecule has 2 N–H and O–H groups in total. The van der Waals surface area contributed by atoms with Gasteiger partial charge in [-0.25, -0.2) is 0 Å². The van der Waals surface area contributed by atoms with Crippen molar-refractivity contribution < 1.29 is 19.1 Å². The molecule has 138 valence electrons. The molecule has 26 heavy (non-hydrogen) atoms. The van der Waals surface area contributed by atoms with E-state index in [9.17, 15) is 9.59 Å². The van der Waals surface area contributed by atoms with Gasteiger partial charge in [0.15, 0.2) is 16.7 Å². The van der Waals surface area contributed by atoms with Crippen molar-refractivity contribution in [2.45, 2.75) is 31.4 Å². The molecular weight excluding hydrogens is 356 g/mol. The van der Waals surface area contributed by atoms with E-state index < -0.39 is 5.25 Å². The highest BCUT2D eigenvalue weighted by Gasteiger charge is 2.29. The minimum absolute atomic E-state index is 0.135. The number of nitrogens with one attached hydrogen (secondary N) is 2. The molecular formula is C17H20N4O4S. The van der Waals surface area contributed by atoms with Gasteiger partial charge < -0.3 is 20.1 Å². The lowest BCUT2D eigenvalue weighted by Crippen LogP contribution is -2.43. The molecule has 2 aliphatic rings. The first-order valence-corrected chi connectivity index (χ1v) is 9.11. The second-order valence-electron chi connectivity index (χ2n) is 5.90. The van der Waals surface area contributed by atoms with E-state index in [1.54, 1.807) is 7.05 Å². The predicted octanol–water partition coefficient (Wildman–Crippen LogP) is 1.45. The molecule has 2 aliphatic heterocycles. The molecule has 1 fully saturated rings. The van der Waals surface area contributed by atoms with E-state index in [1.165, 1.54) is 11.8 Å². The summed E-state index contributed by atoms with van der Waals surface area (Å²) in [5, 5.41) is 13.3. The van der Waals surface area contributed by atoms with E-state index in [0.717, 1.165) is 29.2 Å². The largest absolute Gasteiger partial charge is 0.454 e. The fourth-order valence-electron chi connectivity index (χ4n) is 2.50. The Morgan fingerprint density at radius 2 is 2.19 bits per heavy atom. The van der Waals surface area contributed by atoms with Crippen molar-refractivity contribution in [3.63, 3.8) is 0 Å². The Morgan fingerprint density at radius 3 is 3.00 bits per heavy atom. The fourth-order valence-corrected chi connectivity index (χ4v) is 3.49. The highest BCUT2D eigenvalue weighted by atomic mass is 32.2. The van der Waals surface area contributed by atoms with Crippen molar-refractivity contribution in [3.05, 3.63) is 23.8 Å². The molecule has 1 atom stereocenters. The Morgan fingerprint density at radius 1 is 1.38 bits per heavy atom. The number of ether oxygens (including phenoxy) is 2. The van der Waals surface area contributed by atoms with Crippen LogP contribution in [0.25, 0.3) is 0 Å². The van der Waals surface area contributed by atoms with Gasteiger partial charge in [0.1, 0.15) is 0 Å². The van der Waals surface area contributed by atoms with Gasteiger partial charge in [0.25, 0.3) is 0 Å². The number of carbonyl (C=O) groups excluding carboxylic acids is 2. The summed E-state index contributed by atoms with van der Waals surface area (Å²) in [6.07, 6.45) is 1.64. The molecule has 9 heteroatoms. The maximum atomic E-state index is 11.7. The molecule has 0 aliphatic carbocycles. The van der Waals surface area contributed by atoms with E-state index in [4.69, 9.17) is 9.47 Å². The summed E-state index contributed by atoms with van der Waals surface area (Å²) in [6, 6.07) is 5.86. The van der Waals surface area contributed by atoms with Gasteiger partial charge in [0, 0.05) is 19.2 Å². The second kappa shape index (κ2) is 8.22. The molecule has 0 aromatic heterocycles. The standard InChI is InChI=1S/C17H20N4O4S/c1-10(3-4-11-5-6-12-13(7-11)25-9-24-12)20-21-17-19-15(22)8-14(26-17)16(23)18-2/h5-7,14H,3-4,8-9H2,1-2H3,(H,18,23)(H,19,21,22)/b20-10-/t14-/m1/s1. The van der Waals surface area contributed by atoms with Crippen LogP contribution in [0.4, 0.5) is 0 Å². The summed E-state index contributed by atoms with van der Waals surface area (Å²) >= 11 is 1.21. The Balaban J connectivity index is 1.57. The van der Waals surface area contributed by atoms with Crippen LogP contribution in [0.3, 0.4) is 0 Å². The summed E-state index contributed by atoms with van der Waals surface area (Å²) in [6.45, 7) is 2.14. The first-order chi connectivity index (χ1) is 12.5. The monoisotopic (exact) mass is 376 g/mol.